The quantitative estimate of drug-likeness (QED) is 0.919. The van der Waals surface area contributed by atoms with Gasteiger partial charge in [-0.05, 0) is 43.9 Å². The number of nitrogens with zero attached hydrogens (tertiary/aromatic N) is 2. The SMILES string of the molecule is O=C(O)c1nn(-c2cc(Cl)ccc2Cl)c2c1CCCC2. The number of benzene rings is 1. The molecule has 0 unspecified atom stereocenters. The Morgan fingerprint density at radius 1 is 1.25 bits per heavy atom. The smallest absolute Gasteiger partial charge is 0.356 e. The zero-order valence-corrected chi connectivity index (χ0v) is 12.1. The molecule has 1 aliphatic rings. The first kappa shape index (κ1) is 13.5. The van der Waals surface area contributed by atoms with E-state index in [-0.39, 0.29) is 5.69 Å². The standard InChI is InChI=1S/C14H12Cl2N2O2/c15-8-5-6-10(16)12(7-8)18-11-4-2-1-3-9(11)13(17-18)14(19)20/h5-7H,1-4H2,(H,19,20). The van der Waals surface area contributed by atoms with Crippen molar-refractivity contribution in [1.82, 2.24) is 9.78 Å². The average molecular weight is 311 g/mol. The Morgan fingerprint density at radius 2 is 2.00 bits per heavy atom. The summed E-state index contributed by atoms with van der Waals surface area (Å²) in [6.45, 7) is 0. The number of carboxylic acid groups (broad SMARTS) is 1. The summed E-state index contributed by atoms with van der Waals surface area (Å²) in [5.74, 6) is -1.000. The fourth-order valence-corrected chi connectivity index (χ4v) is 2.98. The molecule has 3 rings (SSSR count). The van der Waals surface area contributed by atoms with E-state index in [4.69, 9.17) is 23.2 Å². The van der Waals surface area contributed by atoms with Crippen molar-refractivity contribution in [3.63, 3.8) is 0 Å². The van der Waals surface area contributed by atoms with Gasteiger partial charge in [0.25, 0.3) is 0 Å². The summed E-state index contributed by atoms with van der Waals surface area (Å²) in [7, 11) is 0. The Morgan fingerprint density at radius 3 is 2.75 bits per heavy atom. The lowest BCUT2D eigenvalue weighted by atomic mass is 9.95. The second-order valence-corrected chi connectivity index (χ2v) is 5.64. The summed E-state index contributed by atoms with van der Waals surface area (Å²) in [4.78, 5) is 11.3. The lowest BCUT2D eigenvalue weighted by Gasteiger charge is -2.14. The number of aromatic carboxylic acids is 1. The first-order valence-corrected chi connectivity index (χ1v) is 7.13. The molecule has 1 heterocycles. The van der Waals surface area contributed by atoms with Crippen molar-refractivity contribution in [3.05, 3.63) is 45.2 Å². The minimum absolute atomic E-state index is 0.121. The van der Waals surface area contributed by atoms with Crippen LogP contribution in [0.1, 0.15) is 34.6 Å². The Hall–Kier alpha value is -1.52. The molecule has 104 valence electrons. The van der Waals surface area contributed by atoms with E-state index in [0.29, 0.717) is 15.7 Å². The highest BCUT2D eigenvalue weighted by molar-refractivity contribution is 6.34. The lowest BCUT2D eigenvalue weighted by molar-refractivity contribution is 0.0688. The number of carbonyl (C=O) groups is 1. The van der Waals surface area contributed by atoms with Crippen LogP contribution >= 0.6 is 23.2 Å². The van der Waals surface area contributed by atoms with Crippen molar-refractivity contribution in [2.24, 2.45) is 0 Å². The van der Waals surface area contributed by atoms with Gasteiger partial charge in [-0.3, -0.25) is 0 Å². The molecule has 0 amide bonds. The second kappa shape index (κ2) is 5.11. The summed E-state index contributed by atoms with van der Waals surface area (Å²) in [5.41, 5.74) is 2.50. The summed E-state index contributed by atoms with van der Waals surface area (Å²) in [6.07, 6.45) is 3.56. The molecule has 0 bridgehead atoms. The lowest BCUT2D eigenvalue weighted by Crippen LogP contribution is -2.08. The highest BCUT2D eigenvalue weighted by Gasteiger charge is 2.25. The second-order valence-electron chi connectivity index (χ2n) is 4.79. The monoisotopic (exact) mass is 310 g/mol. The van der Waals surface area contributed by atoms with Gasteiger partial charge < -0.3 is 5.11 Å². The molecule has 2 aromatic rings. The van der Waals surface area contributed by atoms with E-state index in [1.54, 1.807) is 22.9 Å². The molecule has 1 N–H and O–H groups in total. The summed E-state index contributed by atoms with van der Waals surface area (Å²) < 4.78 is 1.63. The number of hydrogen-bond donors (Lipinski definition) is 1. The maximum Gasteiger partial charge on any atom is 0.356 e. The highest BCUT2D eigenvalue weighted by atomic mass is 35.5. The molecule has 1 aromatic carbocycles. The van der Waals surface area contributed by atoms with E-state index in [0.717, 1.165) is 36.9 Å². The van der Waals surface area contributed by atoms with Crippen LogP contribution in [0.15, 0.2) is 18.2 Å². The van der Waals surface area contributed by atoms with Crippen LogP contribution in [-0.4, -0.2) is 20.9 Å². The molecule has 1 aliphatic carbocycles. The molecule has 0 radical (unpaired) electrons. The molecule has 6 heteroatoms. The van der Waals surface area contributed by atoms with Crippen molar-refractivity contribution < 1.29 is 9.90 Å². The molecule has 0 spiro atoms. The molecular weight excluding hydrogens is 299 g/mol. The number of hydrogen-bond acceptors (Lipinski definition) is 2. The van der Waals surface area contributed by atoms with Gasteiger partial charge in [-0.15, -0.1) is 0 Å². The van der Waals surface area contributed by atoms with Crippen molar-refractivity contribution in [2.75, 3.05) is 0 Å². The molecule has 0 saturated heterocycles. The van der Waals surface area contributed by atoms with Crippen molar-refractivity contribution in [1.29, 1.82) is 0 Å². The van der Waals surface area contributed by atoms with Gasteiger partial charge in [0.1, 0.15) is 0 Å². The third-order valence-electron chi connectivity index (χ3n) is 3.52. The predicted octanol–water partition coefficient (Wildman–Crippen LogP) is 3.76. The highest BCUT2D eigenvalue weighted by Crippen LogP contribution is 2.31. The number of aromatic nitrogens is 2. The largest absolute Gasteiger partial charge is 0.476 e. The van der Waals surface area contributed by atoms with Crippen LogP contribution < -0.4 is 0 Å². The van der Waals surface area contributed by atoms with Crippen LogP contribution in [0.2, 0.25) is 10.0 Å². The van der Waals surface area contributed by atoms with Crippen LogP contribution in [0.25, 0.3) is 5.69 Å². The molecule has 4 nitrogen and oxygen atoms in total. The van der Waals surface area contributed by atoms with Crippen molar-refractivity contribution in [2.45, 2.75) is 25.7 Å². The van der Waals surface area contributed by atoms with Crippen LogP contribution in [0.5, 0.6) is 0 Å². The summed E-state index contributed by atoms with van der Waals surface area (Å²) >= 11 is 12.2. The van der Waals surface area contributed by atoms with Gasteiger partial charge in [0, 0.05) is 16.3 Å². The maximum absolute atomic E-state index is 11.3. The van der Waals surface area contributed by atoms with E-state index in [9.17, 15) is 9.90 Å². The van der Waals surface area contributed by atoms with Crippen LogP contribution in [-0.2, 0) is 12.8 Å². The van der Waals surface area contributed by atoms with E-state index in [1.807, 2.05) is 0 Å². The molecule has 0 aliphatic heterocycles. The van der Waals surface area contributed by atoms with E-state index < -0.39 is 5.97 Å². The number of fused-ring (bicyclic) bond motifs is 1. The van der Waals surface area contributed by atoms with Gasteiger partial charge in [-0.1, -0.05) is 23.2 Å². The van der Waals surface area contributed by atoms with Crippen molar-refractivity contribution >= 4 is 29.2 Å². The predicted molar refractivity (Wildman–Crippen MR) is 77.2 cm³/mol. The molecule has 0 saturated carbocycles. The number of carboxylic acids is 1. The van der Waals surface area contributed by atoms with E-state index in [2.05, 4.69) is 5.10 Å². The maximum atomic E-state index is 11.3. The zero-order chi connectivity index (χ0) is 14.3. The molecule has 20 heavy (non-hydrogen) atoms. The molecule has 1 aromatic heterocycles. The fraction of sp³-hybridized carbons (Fsp3) is 0.286. The molecule has 0 fully saturated rings. The van der Waals surface area contributed by atoms with Crippen LogP contribution in [0, 0.1) is 0 Å². The Balaban J connectivity index is 2.23. The number of halogens is 2. The minimum atomic E-state index is -1.000. The topological polar surface area (TPSA) is 55.1 Å². The van der Waals surface area contributed by atoms with E-state index in [1.165, 1.54) is 0 Å². The Kier molecular flexibility index (Phi) is 3.44. The van der Waals surface area contributed by atoms with Gasteiger partial charge >= 0.3 is 5.97 Å². The van der Waals surface area contributed by atoms with Gasteiger partial charge in [0.2, 0.25) is 0 Å². The van der Waals surface area contributed by atoms with E-state index >= 15 is 0 Å². The summed E-state index contributed by atoms with van der Waals surface area (Å²) in [5, 5.41) is 14.6. The Bertz CT molecular complexity index is 695. The first-order valence-electron chi connectivity index (χ1n) is 6.37. The first-order chi connectivity index (χ1) is 9.58. The summed E-state index contributed by atoms with van der Waals surface area (Å²) in [6, 6.07) is 5.09. The zero-order valence-electron chi connectivity index (χ0n) is 10.6. The third kappa shape index (κ3) is 2.19. The molecular formula is C14H12Cl2N2O2. The van der Waals surface area contributed by atoms with Crippen LogP contribution in [0.4, 0.5) is 0 Å². The van der Waals surface area contributed by atoms with Gasteiger partial charge in [-0.2, -0.15) is 5.10 Å². The van der Waals surface area contributed by atoms with Gasteiger partial charge in [-0.25, -0.2) is 9.48 Å². The molecule has 0 atom stereocenters. The minimum Gasteiger partial charge on any atom is -0.476 e. The van der Waals surface area contributed by atoms with Gasteiger partial charge in [0.05, 0.1) is 10.7 Å². The number of rotatable bonds is 2. The van der Waals surface area contributed by atoms with Crippen molar-refractivity contribution in [3.8, 4) is 5.69 Å². The van der Waals surface area contributed by atoms with Crippen LogP contribution in [0.3, 0.4) is 0 Å². The fourth-order valence-electron chi connectivity index (χ4n) is 2.62. The Labute approximate surface area is 125 Å². The average Bonchev–Trinajstić information content (AvgIpc) is 2.81. The normalized spacial score (nSPS) is 14.1. The van der Waals surface area contributed by atoms with Gasteiger partial charge in [0.15, 0.2) is 5.69 Å². The third-order valence-corrected chi connectivity index (χ3v) is 4.07.